The van der Waals surface area contributed by atoms with E-state index in [0.29, 0.717) is 11.3 Å². The maximum absolute atomic E-state index is 12.3. The Kier molecular flexibility index (Phi) is 8.72. The molecule has 0 bridgehead atoms. The molecule has 0 amide bonds. The zero-order valence-corrected chi connectivity index (χ0v) is 16.9. The molecule has 0 aliphatic rings. The first kappa shape index (κ1) is 22.0. The topological polar surface area (TPSA) is 52.6 Å². The van der Waals surface area contributed by atoms with Crippen LogP contribution in [0.3, 0.4) is 0 Å². The van der Waals surface area contributed by atoms with Crippen molar-refractivity contribution in [1.29, 1.82) is 0 Å². The van der Waals surface area contributed by atoms with E-state index in [0.717, 1.165) is 42.9 Å². The van der Waals surface area contributed by atoms with Gasteiger partial charge in [0.25, 0.3) is 0 Å². The summed E-state index contributed by atoms with van der Waals surface area (Å²) in [5.41, 5.74) is 2.11. The van der Waals surface area contributed by atoms with Crippen molar-refractivity contribution in [3.8, 4) is 17.6 Å². The van der Waals surface area contributed by atoms with Crippen molar-refractivity contribution in [1.82, 2.24) is 0 Å². The first-order chi connectivity index (χ1) is 14.0. The summed E-state index contributed by atoms with van der Waals surface area (Å²) in [5, 5.41) is 0. The fourth-order valence-electron chi connectivity index (χ4n) is 2.60. The summed E-state index contributed by atoms with van der Waals surface area (Å²) in [6.07, 6.45) is 4.94. The van der Waals surface area contributed by atoms with Gasteiger partial charge in [0.2, 0.25) is 0 Å². The minimum absolute atomic E-state index is 0.0318. The summed E-state index contributed by atoms with van der Waals surface area (Å²) in [6, 6.07) is 14.0. The molecule has 0 N–H and O–H groups in total. The number of unbranched alkanes of at least 4 members (excludes halogenated alkanes) is 1. The Morgan fingerprint density at radius 3 is 2.10 bits per heavy atom. The Morgan fingerprint density at radius 1 is 1.00 bits per heavy atom. The molecule has 150 valence electrons. The second-order valence-corrected chi connectivity index (χ2v) is 6.55. The van der Waals surface area contributed by atoms with Crippen LogP contribution in [0.5, 0.6) is 5.75 Å². The van der Waals surface area contributed by atoms with Gasteiger partial charge in [0.05, 0.1) is 5.56 Å². The minimum atomic E-state index is -0.502. The van der Waals surface area contributed by atoms with Gasteiger partial charge in [-0.3, -0.25) is 0 Å². The predicted molar refractivity (Wildman–Crippen MR) is 114 cm³/mol. The molecule has 2 rings (SSSR count). The second kappa shape index (κ2) is 11.5. The van der Waals surface area contributed by atoms with Crippen molar-refractivity contribution >= 4 is 11.9 Å². The Balaban J connectivity index is 1.98. The molecule has 0 heterocycles. The number of benzene rings is 2. The van der Waals surface area contributed by atoms with Crippen LogP contribution < -0.4 is 4.74 Å². The van der Waals surface area contributed by atoms with E-state index in [1.807, 2.05) is 6.92 Å². The van der Waals surface area contributed by atoms with Crippen LogP contribution in [0.2, 0.25) is 0 Å². The van der Waals surface area contributed by atoms with Gasteiger partial charge in [0.15, 0.2) is 0 Å². The highest BCUT2D eigenvalue weighted by Gasteiger charge is 2.13. The third kappa shape index (κ3) is 7.31. The molecule has 2 aromatic rings. The predicted octanol–water partition coefficient (Wildman–Crippen LogP) is 5.30. The van der Waals surface area contributed by atoms with Crippen LogP contribution in [0.4, 0.5) is 0 Å². The fraction of sp³-hybridized carbons (Fsp3) is 0.280. The maximum Gasteiger partial charge on any atom is 0.338 e. The van der Waals surface area contributed by atoms with Crippen LogP contribution >= 0.6 is 0 Å². The van der Waals surface area contributed by atoms with E-state index in [9.17, 15) is 9.59 Å². The lowest BCUT2D eigenvalue weighted by Crippen LogP contribution is -2.17. The Bertz CT molecular complexity index is 883. The van der Waals surface area contributed by atoms with Crippen LogP contribution in [0.1, 0.15) is 61.0 Å². The Hall–Kier alpha value is -3.32. The van der Waals surface area contributed by atoms with Gasteiger partial charge in [-0.15, -0.1) is 0 Å². The molecule has 0 radical (unpaired) electrons. The molecule has 0 aliphatic carbocycles. The first-order valence-corrected chi connectivity index (χ1v) is 9.83. The molecule has 0 spiro atoms. The largest absolute Gasteiger partial charge is 0.459 e. The van der Waals surface area contributed by atoms with E-state index < -0.39 is 5.97 Å². The smallest absolute Gasteiger partial charge is 0.338 e. The number of esters is 2. The Morgan fingerprint density at radius 2 is 1.59 bits per heavy atom. The van der Waals surface area contributed by atoms with Gasteiger partial charge < -0.3 is 9.47 Å². The zero-order chi connectivity index (χ0) is 21.1. The monoisotopic (exact) mass is 390 g/mol. The molecule has 29 heavy (non-hydrogen) atoms. The molecule has 0 saturated heterocycles. The average molecular weight is 390 g/mol. The SMILES string of the molecule is C=CC(=O)Oc1ccc(C#Cc2ccc(C(=O)OC(CC)CCCC)cc2)cc1. The second-order valence-electron chi connectivity index (χ2n) is 6.55. The van der Waals surface area contributed by atoms with E-state index in [-0.39, 0.29) is 12.1 Å². The number of hydrogen-bond donors (Lipinski definition) is 0. The van der Waals surface area contributed by atoms with Crippen molar-refractivity contribution in [3.05, 3.63) is 77.9 Å². The van der Waals surface area contributed by atoms with Gasteiger partial charge in [-0.25, -0.2) is 9.59 Å². The molecular weight excluding hydrogens is 364 g/mol. The lowest BCUT2D eigenvalue weighted by molar-refractivity contribution is -0.128. The number of rotatable bonds is 8. The van der Waals surface area contributed by atoms with Gasteiger partial charge in [-0.2, -0.15) is 0 Å². The molecule has 4 heteroatoms. The minimum Gasteiger partial charge on any atom is -0.459 e. The van der Waals surface area contributed by atoms with Crippen molar-refractivity contribution in [2.45, 2.75) is 45.6 Å². The quantitative estimate of drug-likeness (QED) is 0.265. The van der Waals surface area contributed by atoms with Crippen LogP contribution in [0, 0.1) is 11.8 Å². The summed E-state index contributed by atoms with van der Waals surface area (Å²) in [4.78, 5) is 23.5. The van der Waals surface area contributed by atoms with Crippen LogP contribution in [0.25, 0.3) is 0 Å². The molecule has 1 atom stereocenters. The highest BCUT2D eigenvalue weighted by Crippen LogP contribution is 2.14. The molecule has 4 nitrogen and oxygen atoms in total. The van der Waals surface area contributed by atoms with Crippen LogP contribution in [0.15, 0.2) is 61.2 Å². The first-order valence-electron chi connectivity index (χ1n) is 9.83. The number of carbonyl (C=O) groups excluding carboxylic acids is 2. The molecular formula is C25H26O4. The van der Waals surface area contributed by atoms with Gasteiger partial charge in [-0.1, -0.05) is 45.1 Å². The molecule has 2 aromatic carbocycles. The Labute approximate surface area is 172 Å². The van der Waals surface area contributed by atoms with Crippen molar-refractivity contribution < 1.29 is 19.1 Å². The van der Waals surface area contributed by atoms with Gasteiger partial charge in [0, 0.05) is 17.2 Å². The van der Waals surface area contributed by atoms with Gasteiger partial charge >= 0.3 is 11.9 Å². The van der Waals surface area contributed by atoms with Gasteiger partial charge in [0.1, 0.15) is 11.9 Å². The summed E-state index contributed by atoms with van der Waals surface area (Å²) in [7, 11) is 0. The molecule has 0 saturated carbocycles. The van der Waals surface area contributed by atoms with Gasteiger partial charge in [-0.05, 0) is 61.4 Å². The summed E-state index contributed by atoms with van der Waals surface area (Å²) in [6.45, 7) is 7.51. The van der Waals surface area contributed by atoms with E-state index in [4.69, 9.17) is 9.47 Å². The summed E-state index contributed by atoms with van der Waals surface area (Å²) in [5.74, 6) is 5.74. The van der Waals surface area contributed by atoms with Crippen LogP contribution in [-0.4, -0.2) is 18.0 Å². The highest BCUT2D eigenvalue weighted by atomic mass is 16.5. The molecule has 1 unspecified atom stereocenters. The lowest BCUT2D eigenvalue weighted by atomic mass is 10.1. The number of ether oxygens (including phenoxy) is 2. The summed E-state index contributed by atoms with van der Waals surface area (Å²) < 4.78 is 10.6. The van der Waals surface area contributed by atoms with Crippen LogP contribution in [-0.2, 0) is 9.53 Å². The van der Waals surface area contributed by atoms with E-state index in [2.05, 4.69) is 25.3 Å². The van der Waals surface area contributed by atoms with Crippen molar-refractivity contribution in [2.75, 3.05) is 0 Å². The zero-order valence-electron chi connectivity index (χ0n) is 16.9. The van der Waals surface area contributed by atoms with E-state index in [1.54, 1.807) is 48.5 Å². The third-order valence-corrected chi connectivity index (χ3v) is 4.32. The average Bonchev–Trinajstić information content (AvgIpc) is 2.76. The fourth-order valence-corrected chi connectivity index (χ4v) is 2.60. The van der Waals surface area contributed by atoms with Crippen molar-refractivity contribution in [3.63, 3.8) is 0 Å². The maximum atomic E-state index is 12.3. The standard InChI is InChI=1S/C25H26O4/c1-4-7-8-22(5-2)29-25(27)21-15-11-19(12-16-21)9-10-20-13-17-23(18-14-20)28-24(26)6-3/h6,11-18,22H,3-5,7-8H2,1-2H3. The summed E-state index contributed by atoms with van der Waals surface area (Å²) >= 11 is 0. The number of carbonyl (C=O) groups is 2. The van der Waals surface area contributed by atoms with E-state index >= 15 is 0 Å². The normalized spacial score (nSPS) is 11.0. The number of hydrogen-bond acceptors (Lipinski definition) is 4. The lowest BCUT2D eigenvalue weighted by Gasteiger charge is -2.15. The molecule has 0 aromatic heterocycles. The molecule has 0 fully saturated rings. The van der Waals surface area contributed by atoms with Crippen molar-refractivity contribution in [2.24, 2.45) is 0 Å². The highest BCUT2D eigenvalue weighted by molar-refractivity contribution is 5.89. The third-order valence-electron chi connectivity index (χ3n) is 4.32. The molecule has 0 aliphatic heterocycles. The van der Waals surface area contributed by atoms with E-state index in [1.165, 1.54) is 0 Å².